The predicted molar refractivity (Wildman–Crippen MR) is 59.7 cm³/mol. The third kappa shape index (κ3) is 3.26. The molecule has 1 N–H and O–H groups in total. The average Bonchev–Trinajstić information content (AvgIpc) is 2.29. The summed E-state index contributed by atoms with van der Waals surface area (Å²) in [5.74, 6) is 0.647. The van der Waals surface area contributed by atoms with Crippen LogP contribution in [0.1, 0.15) is 24.5 Å². The van der Waals surface area contributed by atoms with E-state index < -0.39 is 0 Å². The first kappa shape index (κ1) is 11.5. The first-order valence-electron chi connectivity index (χ1n) is 5.09. The van der Waals surface area contributed by atoms with Crippen LogP contribution in [0.15, 0.2) is 18.2 Å². The monoisotopic (exact) mass is 204 g/mol. The summed E-state index contributed by atoms with van der Waals surface area (Å²) in [6.45, 7) is 3.95. The fraction of sp³-hybridized carbons (Fsp3) is 0.417. The Morgan fingerprint density at radius 2 is 2.27 bits per heavy atom. The Balaban J connectivity index is 2.71. The summed E-state index contributed by atoms with van der Waals surface area (Å²) in [7, 11) is 1.58. The third-order valence-electron chi connectivity index (χ3n) is 2.14. The van der Waals surface area contributed by atoms with Gasteiger partial charge in [0.2, 0.25) is 0 Å². The van der Waals surface area contributed by atoms with E-state index in [1.165, 1.54) is 0 Å². The lowest BCUT2D eigenvalue weighted by molar-refractivity contribution is 0.412. The van der Waals surface area contributed by atoms with E-state index in [1.807, 2.05) is 12.1 Å². The first-order valence-corrected chi connectivity index (χ1v) is 5.09. The third-order valence-corrected chi connectivity index (χ3v) is 2.14. The Kier molecular flexibility index (Phi) is 4.65. The van der Waals surface area contributed by atoms with Crippen molar-refractivity contribution >= 4 is 0 Å². The van der Waals surface area contributed by atoms with E-state index in [-0.39, 0.29) is 0 Å². The van der Waals surface area contributed by atoms with Gasteiger partial charge in [0.25, 0.3) is 0 Å². The van der Waals surface area contributed by atoms with Crippen molar-refractivity contribution in [1.29, 1.82) is 5.26 Å². The van der Waals surface area contributed by atoms with Crippen molar-refractivity contribution in [2.24, 2.45) is 0 Å². The van der Waals surface area contributed by atoms with E-state index in [1.54, 1.807) is 13.2 Å². The molecule has 0 saturated carbocycles. The van der Waals surface area contributed by atoms with Crippen LogP contribution in [0.4, 0.5) is 0 Å². The van der Waals surface area contributed by atoms with Gasteiger partial charge in [0, 0.05) is 6.54 Å². The fourth-order valence-electron chi connectivity index (χ4n) is 1.35. The van der Waals surface area contributed by atoms with Crippen molar-refractivity contribution in [3.05, 3.63) is 29.3 Å². The van der Waals surface area contributed by atoms with E-state index >= 15 is 0 Å². The minimum atomic E-state index is 0.580. The zero-order chi connectivity index (χ0) is 11.1. The van der Waals surface area contributed by atoms with Gasteiger partial charge in [0.1, 0.15) is 11.8 Å². The number of benzene rings is 1. The number of ether oxygens (including phenoxy) is 1. The maximum atomic E-state index is 8.81. The molecular weight excluding hydrogens is 188 g/mol. The lowest BCUT2D eigenvalue weighted by Crippen LogP contribution is -2.13. The Hall–Kier alpha value is -1.53. The van der Waals surface area contributed by atoms with Gasteiger partial charge in [-0.1, -0.05) is 13.0 Å². The van der Waals surface area contributed by atoms with Crippen LogP contribution < -0.4 is 10.1 Å². The molecule has 0 fully saturated rings. The summed E-state index contributed by atoms with van der Waals surface area (Å²) in [6.07, 6.45) is 1.12. The Labute approximate surface area is 90.7 Å². The summed E-state index contributed by atoms with van der Waals surface area (Å²) >= 11 is 0. The molecule has 1 aromatic carbocycles. The molecule has 0 amide bonds. The molecule has 0 bridgehead atoms. The molecule has 0 radical (unpaired) electrons. The largest absolute Gasteiger partial charge is 0.495 e. The normalized spacial score (nSPS) is 9.67. The van der Waals surface area contributed by atoms with Crippen LogP contribution in [-0.4, -0.2) is 13.7 Å². The standard InChI is InChI=1S/C12H16N2O/c1-3-6-14-9-10-4-5-11(8-13)12(7-10)15-2/h4-5,7,14H,3,6,9H2,1-2H3. The summed E-state index contributed by atoms with van der Waals surface area (Å²) in [5, 5.41) is 12.1. The Bertz CT molecular complexity index is 355. The second-order valence-corrected chi connectivity index (χ2v) is 3.32. The van der Waals surface area contributed by atoms with Gasteiger partial charge < -0.3 is 10.1 Å². The molecular formula is C12H16N2O. The second kappa shape index (κ2) is 6.05. The maximum Gasteiger partial charge on any atom is 0.136 e. The van der Waals surface area contributed by atoms with Crippen molar-refractivity contribution in [1.82, 2.24) is 5.32 Å². The Morgan fingerprint density at radius 3 is 2.87 bits per heavy atom. The molecule has 0 aromatic heterocycles. The van der Waals surface area contributed by atoms with Crippen LogP contribution in [0.2, 0.25) is 0 Å². The highest BCUT2D eigenvalue weighted by molar-refractivity contribution is 5.45. The van der Waals surface area contributed by atoms with Crippen LogP contribution in [0.3, 0.4) is 0 Å². The number of nitrogens with one attached hydrogen (secondary N) is 1. The summed E-state index contributed by atoms with van der Waals surface area (Å²) in [6, 6.07) is 7.74. The van der Waals surface area contributed by atoms with Gasteiger partial charge in [-0.15, -0.1) is 0 Å². The number of nitriles is 1. The van der Waals surface area contributed by atoms with Gasteiger partial charge in [-0.25, -0.2) is 0 Å². The molecule has 15 heavy (non-hydrogen) atoms. The van der Waals surface area contributed by atoms with E-state index in [4.69, 9.17) is 10.00 Å². The average molecular weight is 204 g/mol. The summed E-state index contributed by atoms with van der Waals surface area (Å²) in [5.41, 5.74) is 1.72. The van der Waals surface area contributed by atoms with Crippen LogP contribution in [0, 0.1) is 11.3 Å². The highest BCUT2D eigenvalue weighted by atomic mass is 16.5. The zero-order valence-electron chi connectivity index (χ0n) is 9.21. The molecule has 0 heterocycles. The highest BCUT2D eigenvalue weighted by Crippen LogP contribution is 2.18. The van der Waals surface area contributed by atoms with Gasteiger partial charge in [-0.05, 0) is 30.7 Å². The number of methoxy groups -OCH3 is 1. The topological polar surface area (TPSA) is 45.0 Å². The fourth-order valence-corrected chi connectivity index (χ4v) is 1.35. The van der Waals surface area contributed by atoms with Crippen molar-refractivity contribution in [3.8, 4) is 11.8 Å². The minimum Gasteiger partial charge on any atom is -0.495 e. The van der Waals surface area contributed by atoms with Gasteiger partial charge in [0.15, 0.2) is 0 Å². The quantitative estimate of drug-likeness (QED) is 0.747. The lowest BCUT2D eigenvalue weighted by Gasteiger charge is -2.07. The number of hydrogen-bond acceptors (Lipinski definition) is 3. The highest BCUT2D eigenvalue weighted by Gasteiger charge is 2.02. The summed E-state index contributed by atoms with van der Waals surface area (Å²) < 4.78 is 5.13. The smallest absolute Gasteiger partial charge is 0.136 e. The van der Waals surface area contributed by atoms with E-state index in [2.05, 4.69) is 18.3 Å². The van der Waals surface area contributed by atoms with Crippen molar-refractivity contribution in [2.75, 3.05) is 13.7 Å². The van der Waals surface area contributed by atoms with Crippen LogP contribution >= 0.6 is 0 Å². The molecule has 80 valence electrons. The molecule has 0 atom stereocenters. The van der Waals surface area contributed by atoms with Gasteiger partial charge in [0.05, 0.1) is 12.7 Å². The van der Waals surface area contributed by atoms with Crippen molar-refractivity contribution in [2.45, 2.75) is 19.9 Å². The first-order chi connectivity index (χ1) is 7.31. The van der Waals surface area contributed by atoms with Crippen LogP contribution in [0.25, 0.3) is 0 Å². The van der Waals surface area contributed by atoms with Crippen LogP contribution in [-0.2, 0) is 6.54 Å². The molecule has 3 nitrogen and oxygen atoms in total. The van der Waals surface area contributed by atoms with Gasteiger partial charge >= 0.3 is 0 Å². The maximum absolute atomic E-state index is 8.81. The molecule has 3 heteroatoms. The predicted octanol–water partition coefficient (Wildman–Crippen LogP) is 2.07. The van der Waals surface area contributed by atoms with Gasteiger partial charge in [-0.3, -0.25) is 0 Å². The number of rotatable bonds is 5. The summed E-state index contributed by atoms with van der Waals surface area (Å²) in [4.78, 5) is 0. The van der Waals surface area contributed by atoms with E-state index in [0.717, 1.165) is 25.1 Å². The number of nitrogens with zero attached hydrogens (tertiary/aromatic N) is 1. The molecule has 0 aliphatic heterocycles. The minimum absolute atomic E-state index is 0.580. The SMILES string of the molecule is CCCNCc1ccc(C#N)c(OC)c1. The number of hydrogen-bond donors (Lipinski definition) is 1. The molecule has 1 aromatic rings. The van der Waals surface area contributed by atoms with Crippen molar-refractivity contribution < 1.29 is 4.74 Å². The van der Waals surface area contributed by atoms with Gasteiger partial charge in [-0.2, -0.15) is 5.26 Å². The van der Waals surface area contributed by atoms with E-state index in [0.29, 0.717) is 11.3 Å². The zero-order valence-corrected chi connectivity index (χ0v) is 9.21. The molecule has 0 spiro atoms. The molecule has 1 rings (SSSR count). The molecule has 0 aliphatic carbocycles. The molecule has 0 aliphatic rings. The van der Waals surface area contributed by atoms with Crippen molar-refractivity contribution in [3.63, 3.8) is 0 Å². The molecule has 0 saturated heterocycles. The second-order valence-electron chi connectivity index (χ2n) is 3.32. The Morgan fingerprint density at radius 1 is 1.47 bits per heavy atom. The van der Waals surface area contributed by atoms with E-state index in [9.17, 15) is 0 Å². The van der Waals surface area contributed by atoms with Crippen LogP contribution in [0.5, 0.6) is 5.75 Å². The molecule has 0 unspecified atom stereocenters. The lowest BCUT2D eigenvalue weighted by atomic mass is 10.1.